The number of furan rings is 1. The third kappa shape index (κ3) is 5.05. The third-order valence-corrected chi connectivity index (χ3v) is 8.16. The van der Waals surface area contributed by atoms with Crippen molar-refractivity contribution in [3.05, 3.63) is 75.5 Å². The molecule has 2 N–H and O–H groups in total. The van der Waals surface area contributed by atoms with Gasteiger partial charge in [0.25, 0.3) is 5.91 Å². The predicted molar refractivity (Wildman–Crippen MR) is 122 cm³/mol. The minimum Gasteiger partial charge on any atom is -0.468 e. The summed E-state index contributed by atoms with van der Waals surface area (Å²) in [7, 11) is -3.78. The Balaban J connectivity index is 1.50. The summed E-state index contributed by atoms with van der Waals surface area (Å²) < 4.78 is 33.4. The number of aryl methyl sites for hydroxylation is 1. The first-order chi connectivity index (χ1) is 14.8. The lowest BCUT2D eigenvalue weighted by Gasteiger charge is -2.08. The van der Waals surface area contributed by atoms with E-state index < -0.39 is 10.0 Å². The summed E-state index contributed by atoms with van der Waals surface area (Å²) in [5.41, 5.74) is 0.949. The summed E-state index contributed by atoms with van der Waals surface area (Å²) >= 11 is 8.63. The predicted octanol–water partition coefficient (Wildman–Crippen LogP) is 5.16. The first-order valence-electron chi connectivity index (χ1n) is 8.98. The van der Waals surface area contributed by atoms with Crippen LogP contribution in [-0.2, 0) is 16.6 Å². The monoisotopic (exact) mass is 493 g/mol. The van der Waals surface area contributed by atoms with Crippen molar-refractivity contribution in [3.63, 3.8) is 0 Å². The van der Waals surface area contributed by atoms with Crippen molar-refractivity contribution in [2.75, 3.05) is 5.32 Å². The maximum Gasteiger partial charge on any atom is 0.267 e. The molecule has 4 rings (SSSR count). The van der Waals surface area contributed by atoms with Gasteiger partial charge in [-0.3, -0.25) is 4.79 Å². The lowest BCUT2D eigenvalue weighted by atomic mass is 10.3. The first kappa shape index (κ1) is 21.7. The van der Waals surface area contributed by atoms with Gasteiger partial charge in [-0.1, -0.05) is 17.7 Å². The van der Waals surface area contributed by atoms with Crippen LogP contribution >= 0.6 is 34.3 Å². The Bertz CT molecular complexity index is 1330. The Morgan fingerprint density at radius 1 is 1.16 bits per heavy atom. The van der Waals surface area contributed by atoms with Gasteiger partial charge < -0.3 is 9.73 Å². The third-order valence-electron chi connectivity index (χ3n) is 4.21. The normalized spacial score (nSPS) is 11.5. The average Bonchev–Trinajstić information content (AvgIpc) is 3.48. The molecule has 0 aliphatic rings. The van der Waals surface area contributed by atoms with Crippen LogP contribution in [0.25, 0.3) is 9.88 Å². The number of hydrogen-bond donors (Lipinski definition) is 2. The Morgan fingerprint density at radius 2 is 2.00 bits per heavy atom. The summed E-state index contributed by atoms with van der Waals surface area (Å²) in [4.78, 5) is 18.6. The molecular weight excluding hydrogens is 478 g/mol. The van der Waals surface area contributed by atoms with E-state index >= 15 is 0 Å². The molecule has 3 aromatic heterocycles. The second kappa shape index (κ2) is 8.93. The van der Waals surface area contributed by atoms with Crippen LogP contribution in [-0.4, -0.2) is 19.3 Å². The molecule has 0 atom stereocenters. The van der Waals surface area contributed by atoms with Gasteiger partial charge in [0, 0.05) is 5.69 Å². The summed E-state index contributed by atoms with van der Waals surface area (Å²) in [5.74, 6) is 0.138. The van der Waals surface area contributed by atoms with Gasteiger partial charge in [0.2, 0.25) is 10.0 Å². The summed E-state index contributed by atoms with van der Waals surface area (Å²) in [6, 6.07) is 13.0. The lowest BCUT2D eigenvalue weighted by Crippen LogP contribution is -2.23. The quantitative estimate of drug-likeness (QED) is 0.370. The Hall–Kier alpha value is -2.50. The van der Waals surface area contributed by atoms with Crippen molar-refractivity contribution in [2.45, 2.75) is 18.4 Å². The number of thiophene rings is 1. The van der Waals surface area contributed by atoms with Crippen LogP contribution in [0.3, 0.4) is 0 Å². The molecule has 0 spiro atoms. The molecule has 0 aliphatic carbocycles. The number of nitrogens with one attached hydrogen (secondary N) is 2. The van der Waals surface area contributed by atoms with Crippen LogP contribution in [0.5, 0.6) is 0 Å². The summed E-state index contributed by atoms with van der Waals surface area (Å²) in [6.45, 7) is 1.78. The molecule has 7 nitrogen and oxygen atoms in total. The fourth-order valence-corrected chi connectivity index (χ4v) is 5.83. The van der Waals surface area contributed by atoms with Crippen LogP contribution in [0.2, 0.25) is 4.34 Å². The molecular formula is C20H16ClN3O4S3. The van der Waals surface area contributed by atoms with E-state index in [0.717, 1.165) is 4.88 Å². The molecule has 1 aromatic carbocycles. The van der Waals surface area contributed by atoms with Crippen LogP contribution in [0.15, 0.2) is 64.1 Å². The van der Waals surface area contributed by atoms with Gasteiger partial charge >= 0.3 is 0 Å². The van der Waals surface area contributed by atoms with Crippen LogP contribution < -0.4 is 10.0 Å². The van der Waals surface area contributed by atoms with Crippen molar-refractivity contribution in [2.24, 2.45) is 0 Å². The van der Waals surface area contributed by atoms with Crippen molar-refractivity contribution in [1.29, 1.82) is 0 Å². The highest BCUT2D eigenvalue weighted by atomic mass is 35.5. The number of nitrogens with zero attached hydrogens (tertiary/aromatic N) is 1. The smallest absolute Gasteiger partial charge is 0.267 e. The Labute approximate surface area is 191 Å². The van der Waals surface area contributed by atoms with Gasteiger partial charge in [0.15, 0.2) is 0 Å². The van der Waals surface area contributed by atoms with Gasteiger partial charge in [-0.2, -0.15) is 0 Å². The topological polar surface area (TPSA) is 101 Å². The average molecular weight is 494 g/mol. The number of aromatic nitrogens is 1. The Morgan fingerprint density at radius 3 is 2.71 bits per heavy atom. The molecule has 0 unspecified atom stereocenters. The number of thiazole rings is 1. The minimum atomic E-state index is -3.78. The zero-order valence-electron chi connectivity index (χ0n) is 16.1. The molecule has 0 saturated heterocycles. The van der Waals surface area contributed by atoms with Crippen molar-refractivity contribution < 1.29 is 17.6 Å². The van der Waals surface area contributed by atoms with Crippen LogP contribution in [0, 0.1) is 6.92 Å². The van der Waals surface area contributed by atoms with Gasteiger partial charge in [-0.05, 0) is 49.4 Å². The van der Waals surface area contributed by atoms with E-state index in [9.17, 15) is 13.2 Å². The number of amides is 1. The molecule has 11 heteroatoms. The maximum absolute atomic E-state index is 12.8. The van der Waals surface area contributed by atoms with E-state index in [1.165, 1.54) is 41.1 Å². The van der Waals surface area contributed by atoms with Crippen molar-refractivity contribution in [1.82, 2.24) is 9.71 Å². The number of hydrogen-bond acceptors (Lipinski definition) is 7. The van der Waals surface area contributed by atoms with E-state index in [1.54, 1.807) is 37.3 Å². The highest BCUT2D eigenvalue weighted by Gasteiger charge is 2.19. The fourth-order valence-electron chi connectivity index (χ4n) is 2.73. The number of anilines is 1. The number of carbonyl (C=O) groups is 1. The lowest BCUT2D eigenvalue weighted by molar-refractivity contribution is 0.102. The van der Waals surface area contributed by atoms with Gasteiger partial charge in [0.1, 0.15) is 15.6 Å². The SMILES string of the molecule is Cc1nc(-c2ccc(Cl)s2)sc1C(=O)Nc1cccc(S(=O)(=O)NCc2ccco2)c1. The van der Waals surface area contributed by atoms with Gasteiger partial charge in [-0.15, -0.1) is 22.7 Å². The highest BCUT2D eigenvalue weighted by Crippen LogP contribution is 2.35. The first-order valence-corrected chi connectivity index (χ1v) is 12.5. The maximum atomic E-state index is 12.8. The second-order valence-corrected chi connectivity index (χ2v) is 10.9. The van der Waals surface area contributed by atoms with E-state index in [2.05, 4.69) is 15.0 Å². The molecule has 160 valence electrons. The van der Waals surface area contributed by atoms with E-state index in [1.807, 2.05) is 6.07 Å². The summed E-state index contributed by atoms with van der Waals surface area (Å²) in [6.07, 6.45) is 1.47. The standard InChI is InChI=1S/C20H16ClN3O4S3/c1-12-18(30-20(23-12)16-7-8-17(21)29-16)19(25)24-13-4-2-6-15(10-13)31(26,27)22-11-14-5-3-9-28-14/h2-10,22H,11H2,1H3,(H,24,25). The molecule has 0 bridgehead atoms. The van der Waals surface area contributed by atoms with Crippen LogP contribution in [0.4, 0.5) is 5.69 Å². The molecule has 0 saturated carbocycles. The van der Waals surface area contributed by atoms with E-state index in [0.29, 0.717) is 31.4 Å². The molecule has 0 fully saturated rings. The molecule has 4 aromatic rings. The minimum absolute atomic E-state index is 0.0293. The zero-order valence-corrected chi connectivity index (χ0v) is 19.3. The zero-order chi connectivity index (χ0) is 22.0. The van der Waals surface area contributed by atoms with E-state index in [4.69, 9.17) is 16.0 Å². The molecule has 31 heavy (non-hydrogen) atoms. The number of rotatable bonds is 7. The molecule has 0 aliphatic heterocycles. The van der Waals surface area contributed by atoms with Gasteiger partial charge in [-0.25, -0.2) is 18.1 Å². The van der Waals surface area contributed by atoms with Gasteiger partial charge in [0.05, 0.1) is 32.6 Å². The second-order valence-electron chi connectivity index (χ2n) is 6.42. The number of sulfonamides is 1. The van der Waals surface area contributed by atoms with Crippen LogP contribution in [0.1, 0.15) is 21.1 Å². The van der Waals surface area contributed by atoms with Crippen molar-refractivity contribution in [3.8, 4) is 9.88 Å². The number of carbonyl (C=O) groups excluding carboxylic acids is 1. The Kier molecular flexibility index (Phi) is 6.26. The van der Waals surface area contributed by atoms with Crippen molar-refractivity contribution >= 4 is 55.9 Å². The molecule has 3 heterocycles. The molecule has 0 radical (unpaired) electrons. The molecule has 1 amide bonds. The highest BCUT2D eigenvalue weighted by molar-refractivity contribution is 7.89. The van der Waals surface area contributed by atoms with E-state index in [-0.39, 0.29) is 17.3 Å². The number of halogens is 1. The summed E-state index contributed by atoms with van der Waals surface area (Å²) in [5, 5.41) is 3.46. The number of benzene rings is 1. The fraction of sp³-hybridized carbons (Fsp3) is 0.100. The largest absolute Gasteiger partial charge is 0.468 e.